The number of aryl methyl sites for hydroxylation is 1. The molecule has 156 valence electrons. The number of hydrogen-bond acceptors (Lipinski definition) is 6. The third-order valence-corrected chi connectivity index (χ3v) is 6.13. The van der Waals surface area contributed by atoms with Gasteiger partial charge in [0.15, 0.2) is 11.0 Å². The van der Waals surface area contributed by atoms with Crippen molar-refractivity contribution in [2.45, 2.75) is 12.1 Å². The average Bonchev–Trinajstić information content (AvgIpc) is 3.07. The van der Waals surface area contributed by atoms with E-state index < -0.39 is 0 Å². The molecule has 0 saturated carbocycles. The minimum atomic E-state index is 0.0899. The zero-order chi connectivity index (χ0) is 21.0. The van der Waals surface area contributed by atoms with Crippen LogP contribution in [-0.4, -0.2) is 93.9 Å². The molecule has 0 radical (unpaired) electrons. The van der Waals surface area contributed by atoms with Gasteiger partial charge in [-0.3, -0.25) is 14.5 Å². The van der Waals surface area contributed by atoms with Gasteiger partial charge in [-0.05, 0) is 12.5 Å². The van der Waals surface area contributed by atoms with E-state index in [1.807, 2.05) is 47.7 Å². The van der Waals surface area contributed by atoms with E-state index in [0.29, 0.717) is 25.4 Å². The van der Waals surface area contributed by atoms with E-state index in [1.165, 1.54) is 11.8 Å². The number of likely N-dealkylation sites (N-methyl/N-ethyl adjacent to an activating group) is 1. The lowest BCUT2D eigenvalue weighted by Crippen LogP contribution is -2.51. The molecule has 1 aromatic heterocycles. The number of piperazine rings is 1. The van der Waals surface area contributed by atoms with Crippen LogP contribution in [0.2, 0.25) is 0 Å². The van der Waals surface area contributed by atoms with E-state index in [2.05, 4.69) is 15.1 Å². The molecule has 2 amide bonds. The molecule has 3 rings (SSSR count). The Morgan fingerprint density at radius 1 is 1.10 bits per heavy atom. The highest BCUT2D eigenvalue weighted by molar-refractivity contribution is 7.99. The fraction of sp³-hybridized carbons (Fsp3) is 0.500. The molecule has 1 aromatic carbocycles. The quantitative estimate of drug-likeness (QED) is 0.657. The summed E-state index contributed by atoms with van der Waals surface area (Å²) in [5.41, 5.74) is 2.19. The van der Waals surface area contributed by atoms with Crippen molar-refractivity contribution in [2.75, 3.05) is 52.6 Å². The molecule has 0 bridgehead atoms. The number of hydrogen-bond donors (Lipinski definition) is 0. The molecule has 2 heterocycles. The van der Waals surface area contributed by atoms with Crippen molar-refractivity contribution in [3.8, 4) is 11.4 Å². The minimum absolute atomic E-state index is 0.0899. The maximum Gasteiger partial charge on any atom is 0.236 e. The number of carbonyl (C=O) groups excluding carboxylic acids is 2. The summed E-state index contributed by atoms with van der Waals surface area (Å²) in [7, 11) is 5.45. The number of rotatable bonds is 6. The van der Waals surface area contributed by atoms with Gasteiger partial charge in [0.2, 0.25) is 11.8 Å². The Labute approximate surface area is 175 Å². The van der Waals surface area contributed by atoms with Crippen LogP contribution in [0.4, 0.5) is 0 Å². The van der Waals surface area contributed by atoms with Gasteiger partial charge in [-0.25, -0.2) is 0 Å². The van der Waals surface area contributed by atoms with E-state index in [9.17, 15) is 9.59 Å². The van der Waals surface area contributed by atoms with E-state index in [0.717, 1.165) is 35.2 Å². The van der Waals surface area contributed by atoms with Crippen LogP contribution in [0.5, 0.6) is 0 Å². The first-order valence-electron chi connectivity index (χ1n) is 9.65. The molecule has 0 unspecified atom stereocenters. The minimum Gasteiger partial charge on any atom is -0.348 e. The van der Waals surface area contributed by atoms with E-state index in [1.54, 1.807) is 19.0 Å². The third kappa shape index (κ3) is 5.16. The van der Waals surface area contributed by atoms with Crippen LogP contribution >= 0.6 is 11.8 Å². The summed E-state index contributed by atoms with van der Waals surface area (Å²) in [6, 6.07) is 8.06. The molecule has 1 fully saturated rings. The zero-order valence-electron chi connectivity index (χ0n) is 17.5. The maximum absolute atomic E-state index is 12.6. The van der Waals surface area contributed by atoms with Crippen molar-refractivity contribution in [1.82, 2.24) is 29.5 Å². The Balaban J connectivity index is 1.52. The Bertz CT molecular complexity index is 874. The Hall–Kier alpha value is -2.39. The number of amides is 2. The number of nitrogens with zero attached hydrogens (tertiary/aromatic N) is 6. The van der Waals surface area contributed by atoms with Crippen molar-refractivity contribution >= 4 is 23.6 Å². The molecule has 0 atom stereocenters. The van der Waals surface area contributed by atoms with Crippen LogP contribution in [0.15, 0.2) is 29.4 Å². The molecule has 1 aliphatic heterocycles. The van der Waals surface area contributed by atoms with Crippen LogP contribution < -0.4 is 0 Å². The van der Waals surface area contributed by atoms with Gasteiger partial charge in [0.05, 0.1) is 12.3 Å². The summed E-state index contributed by atoms with van der Waals surface area (Å²) in [5, 5.41) is 9.31. The fourth-order valence-electron chi connectivity index (χ4n) is 3.20. The summed E-state index contributed by atoms with van der Waals surface area (Å²) in [6.07, 6.45) is 0. The van der Waals surface area contributed by atoms with Gasteiger partial charge in [0, 0.05) is 52.9 Å². The van der Waals surface area contributed by atoms with Crippen LogP contribution in [0.25, 0.3) is 11.4 Å². The van der Waals surface area contributed by atoms with Crippen LogP contribution in [0, 0.1) is 6.92 Å². The highest BCUT2D eigenvalue weighted by Crippen LogP contribution is 2.25. The summed E-state index contributed by atoms with van der Waals surface area (Å²) < 4.78 is 1.94. The molecule has 0 spiro atoms. The van der Waals surface area contributed by atoms with Crippen molar-refractivity contribution in [3.05, 3.63) is 29.8 Å². The Morgan fingerprint density at radius 2 is 1.79 bits per heavy atom. The monoisotopic (exact) mass is 416 g/mol. The fourth-order valence-corrected chi connectivity index (χ4v) is 4.02. The Kier molecular flexibility index (Phi) is 6.92. The summed E-state index contributed by atoms with van der Waals surface area (Å²) in [4.78, 5) is 30.0. The van der Waals surface area contributed by atoms with E-state index >= 15 is 0 Å². The molecular formula is C20H28N6O2S. The van der Waals surface area contributed by atoms with E-state index in [4.69, 9.17) is 0 Å². The first-order valence-corrected chi connectivity index (χ1v) is 10.6. The van der Waals surface area contributed by atoms with Crippen molar-refractivity contribution < 1.29 is 9.59 Å². The number of aromatic nitrogens is 3. The molecule has 0 aliphatic carbocycles. The van der Waals surface area contributed by atoms with Crippen LogP contribution in [0.1, 0.15) is 5.56 Å². The second-order valence-corrected chi connectivity index (χ2v) is 8.36. The molecule has 1 saturated heterocycles. The van der Waals surface area contributed by atoms with Crippen molar-refractivity contribution in [3.63, 3.8) is 0 Å². The molecular weight excluding hydrogens is 388 g/mol. The number of carbonyl (C=O) groups is 2. The lowest BCUT2D eigenvalue weighted by atomic mass is 10.1. The molecule has 1 aliphatic rings. The van der Waals surface area contributed by atoms with Crippen molar-refractivity contribution in [1.29, 1.82) is 0 Å². The average molecular weight is 417 g/mol. The van der Waals surface area contributed by atoms with Gasteiger partial charge in [-0.1, -0.05) is 36.0 Å². The predicted octanol–water partition coefficient (Wildman–Crippen LogP) is 1.12. The number of benzene rings is 1. The summed E-state index contributed by atoms with van der Waals surface area (Å²) in [6.45, 7) is 5.19. The third-order valence-electron chi connectivity index (χ3n) is 5.13. The van der Waals surface area contributed by atoms with Gasteiger partial charge < -0.3 is 14.4 Å². The van der Waals surface area contributed by atoms with Crippen LogP contribution in [-0.2, 0) is 16.6 Å². The molecule has 0 N–H and O–H groups in total. The largest absolute Gasteiger partial charge is 0.348 e. The van der Waals surface area contributed by atoms with Gasteiger partial charge in [0.1, 0.15) is 0 Å². The molecule has 2 aromatic rings. The first kappa shape index (κ1) is 21.3. The second-order valence-electron chi connectivity index (χ2n) is 7.41. The van der Waals surface area contributed by atoms with Gasteiger partial charge in [-0.2, -0.15) is 0 Å². The van der Waals surface area contributed by atoms with Gasteiger partial charge in [0.25, 0.3) is 0 Å². The number of thioether (sulfide) groups is 1. The second kappa shape index (κ2) is 9.41. The smallest absolute Gasteiger partial charge is 0.236 e. The topological polar surface area (TPSA) is 74.6 Å². The summed E-state index contributed by atoms with van der Waals surface area (Å²) >= 11 is 1.41. The van der Waals surface area contributed by atoms with Gasteiger partial charge >= 0.3 is 0 Å². The highest BCUT2D eigenvalue weighted by atomic mass is 32.2. The lowest BCUT2D eigenvalue weighted by molar-refractivity contribution is -0.132. The van der Waals surface area contributed by atoms with E-state index in [-0.39, 0.29) is 11.8 Å². The standard InChI is InChI=1S/C20H28N6O2S/c1-15-7-5-6-8-16(15)19-21-22-20(24(19)4)29-14-18(28)26-11-9-25(10-12-26)13-17(27)23(2)3/h5-8H,9-14H2,1-4H3. The molecule has 9 heteroatoms. The van der Waals surface area contributed by atoms with Crippen LogP contribution in [0.3, 0.4) is 0 Å². The normalized spacial score (nSPS) is 14.8. The molecule has 8 nitrogen and oxygen atoms in total. The van der Waals surface area contributed by atoms with Gasteiger partial charge in [-0.15, -0.1) is 10.2 Å². The SMILES string of the molecule is Cc1ccccc1-c1nnc(SCC(=O)N2CCN(CC(=O)N(C)C)CC2)n1C. The summed E-state index contributed by atoms with van der Waals surface area (Å²) in [5.74, 6) is 1.31. The zero-order valence-corrected chi connectivity index (χ0v) is 18.3. The Morgan fingerprint density at radius 3 is 2.45 bits per heavy atom. The predicted molar refractivity (Wildman–Crippen MR) is 114 cm³/mol. The maximum atomic E-state index is 12.6. The highest BCUT2D eigenvalue weighted by Gasteiger charge is 2.23. The van der Waals surface area contributed by atoms with Crippen molar-refractivity contribution in [2.24, 2.45) is 7.05 Å². The molecule has 29 heavy (non-hydrogen) atoms. The lowest BCUT2D eigenvalue weighted by Gasteiger charge is -2.34. The first-order chi connectivity index (χ1) is 13.9.